The maximum absolute atomic E-state index is 11.3. The van der Waals surface area contributed by atoms with Crippen molar-refractivity contribution in [3.05, 3.63) is 59.7 Å². The fourth-order valence-electron chi connectivity index (χ4n) is 2.20. The third-order valence-corrected chi connectivity index (χ3v) is 3.50. The molecule has 4 N–H and O–H groups in total. The van der Waals surface area contributed by atoms with Gasteiger partial charge in [-0.3, -0.25) is 14.8 Å². The number of rotatable bonds is 5. The number of carbonyl (C=O) groups excluding carboxylic acids is 2. The van der Waals surface area contributed by atoms with Crippen LogP contribution in [0.2, 0.25) is 0 Å². The molecule has 6 heteroatoms. The summed E-state index contributed by atoms with van der Waals surface area (Å²) in [6.45, 7) is 0. The summed E-state index contributed by atoms with van der Waals surface area (Å²) >= 11 is 0. The Balaban J connectivity index is 2.10. The van der Waals surface area contributed by atoms with Crippen molar-refractivity contribution >= 4 is 11.9 Å². The van der Waals surface area contributed by atoms with E-state index in [0.717, 1.165) is 16.7 Å². The highest BCUT2D eigenvalue weighted by atomic mass is 16.5. The van der Waals surface area contributed by atoms with Crippen molar-refractivity contribution in [2.75, 3.05) is 7.11 Å². The van der Waals surface area contributed by atoms with Gasteiger partial charge in [0.05, 0.1) is 7.11 Å². The maximum Gasteiger partial charge on any atom is 0.322 e. The van der Waals surface area contributed by atoms with Crippen LogP contribution in [0.15, 0.2) is 48.5 Å². The van der Waals surface area contributed by atoms with Crippen LogP contribution in [0.4, 0.5) is 0 Å². The Kier molecular flexibility index (Phi) is 5.46. The summed E-state index contributed by atoms with van der Waals surface area (Å²) in [5.41, 5.74) is 10.5. The summed E-state index contributed by atoms with van der Waals surface area (Å²) in [6, 6.07) is 13.8. The molecule has 0 aliphatic heterocycles. The van der Waals surface area contributed by atoms with E-state index >= 15 is 0 Å². The number of hydroxylamine groups is 1. The molecule has 0 aliphatic carbocycles. The number of hydrogen-bond donors (Lipinski definition) is 3. The molecule has 2 aromatic rings. The number of ether oxygens (including phenoxy) is 1. The van der Waals surface area contributed by atoms with E-state index in [1.807, 2.05) is 24.3 Å². The lowest BCUT2D eigenvalue weighted by molar-refractivity contribution is -0.142. The second-order valence-corrected chi connectivity index (χ2v) is 5.05. The first-order valence-corrected chi connectivity index (χ1v) is 7.02. The summed E-state index contributed by atoms with van der Waals surface area (Å²) in [5, 5.41) is 8.59. The van der Waals surface area contributed by atoms with Gasteiger partial charge in [-0.25, -0.2) is 5.48 Å². The van der Waals surface area contributed by atoms with Crippen molar-refractivity contribution < 1.29 is 19.5 Å². The largest absolute Gasteiger partial charge is 0.468 e. The van der Waals surface area contributed by atoms with Crippen molar-refractivity contribution in [3.8, 4) is 11.1 Å². The molecule has 6 nitrogen and oxygen atoms in total. The number of nitrogens with one attached hydrogen (secondary N) is 1. The smallest absolute Gasteiger partial charge is 0.322 e. The van der Waals surface area contributed by atoms with Gasteiger partial charge in [-0.15, -0.1) is 0 Å². The molecule has 2 rings (SSSR count). The van der Waals surface area contributed by atoms with Crippen LogP contribution >= 0.6 is 0 Å². The highest BCUT2D eigenvalue weighted by Crippen LogP contribution is 2.21. The first kappa shape index (κ1) is 16.7. The van der Waals surface area contributed by atoms with Gasteiger partial charge < -0.3 is 10.5 Å². The molecule has 0 aromatic heterocycles. The number of benzene rings is 2. The molecule has 1 amide bonds. The minimum absolute atomic E-state index is 0.372. The number of nitrogens with two attached hydrogens (primary N) is 1. The van der Waals surface area contributed by atoms with Gasteiger partial charge in [-0.05, 0) is 35.2 Å². The Morgan fingerprint density at radius 1 is 1.09 bits per heavy atom. The molecule has 0 aliphatic rings. The molecule has 0 spiro atoms. The van der Waals surface area contributed by atoms with Gasteiger partial charge in [0.25, 0.3) is 5.91 Å². The minimum Gasteiger partial charge on any atom is -0.468 e. The van der Waals surface area contributed by atoms with Gasteiger partial charge in [0.1, 0.15) is 6.04 Å². The van der Waals surface area contributed by atoms with E-state index in [4.69, 9.17) is 10.9 Å². The fourth-order valence-corrected chi connectivity index (χ4v) is 2.20. The van der Waals surface area contributed by atoms with Gasteiger partial charge >= 0.3 is 5.97 Å². The minimum atomic E-state index is -0.679. The van der Waals surface area contributed by atoms with Crippen molar-refractivity contribution in [1.82, 2.24) is 5.48 Å². The standard InChI is InChI=1S/C17H18N2O4/c1-23-17(21)15(18)10-11-2-4-12(5-3-11)13-6-8-14(9-7-13)16(20)19-22/h2-9,15,22H,10,18H2,1H3,(H,19,20). The third-order valence-electron chi connectivity index (χ3n) is 3.50. The molecule has 0 saturated carbocycles. The van der Waals surface area contributed by atoms with Gasteiger partial charge in [0.2, 0.25) is 0 Å². The number of esters is 1. The molecule has 2 aromatic carbocycles. The van der Waals surface area contributed by atoms with Gasteiger partial charge in [-0.2, -0.15) is 0 Å². The zero-order valence-corrected chi connectivity index (χ0v) is 12.7. The predicted molar refractivity (Wildman–Crippen MR) is 84.8 cm³/mol. The summed E-state index contributed by atoms with van der Waals surface area (Å²) < 4.78 is 4.60. The Labute approximate surface area is 133 Å². The van der Waals surface area contributed by atoms with Crippen LogP contribution < -0.4 is 11.2 Å². The monoisotopic (exact) mass is 314 g/mol. The van der Waals surface area contributed by atoms with Crippen molar-refractivity contribution in [2.45, 2.75) is 12.5 Å². The molecular weight excluding hydrogens is 296 g/mol. The highest BCUT2D eigenvalue weighted by Gasteiger charge is 2.14. The molecule has 0 heterocycles. The van der Waals surface area contributed by atoms with E-state index in [0.29, 0.717) is 12.0 Å². The molecule has 0 bridgehead atoms. The molecule has 0 radical (unpaired) electrons. The zero-order chi connectivity index (χ0) is 16.8. The Morgan fingerprint density at radius 3 is 2.09 bits per heavy atom. The van der Waals surface area contributed by atoms with E-state index in [1.165, 1.54) is 7.11 Å². The molecule has 0 fully saturated rings. The third kappa shape index (κ3) is 4.15. The number of carbonyl (C=O) groups is 2. The Hall–Kier alpha value is -2.70. The molecular formula is C17H18N2O4. The van der Waals surface area contributed by atoms with E-state index in [-0.39, 0.29) is 0 Å². The topological polar surface area (TPSA) is 102 Å². The van der Waals surface area contributed by atoms with E-state index in [1.54, 1.807) is 29.7 Å². The maximum atomic E-state index is 11.3. The Bertz CT molecular complexity index is 681. The van der Waals surface area contributed by atoms with Crippen molar-refractivity contribution in [1.29, 1.82) is 0 Å². The van der Waals surface area contributed by atoms with E-state index in [2.05, 4.69) is 4.74 Å². The summed E-state index contributed by atoms with van der Waals surface area (Å²) in [7, 11) is 1.31. The molecule has 120 valence electrons. The second kappa shape index (κ2) is 7.53. The van der Waals surface area contributed by atoms with Crippen LogP contribution in [-0.2, 0) is 16.0 Å². The second-order valence-electron chi connectivity index (χ2n) is 5.05. The number of hydrogen-bond acceptors (Lipinski definition) is 5. The predicted octanol–water partition coefficient (Wildman–Crippen LogP) is 1.52. The normalized spacial score (nSPS) is 11.6. The van der Waals surface area contributed by atoms with Crippen LogP contribution in [0.1, 0.15) is 15.9 Å². The van der Waals surface area contributed by atoms with Gasteiger partial charge in [0, 0.05) is 5.56 Å². The van der Waals surface area contributed by atoms with Gasteiger partial charge in [0.15, 0.2) is 0 Å². The fraction of sp³-hybridized carbons (Fsp3) is 0.176. The number of methoxy groups -OCH3 is 1. The molecule has 0 saturated heterocycles. The Morgan fingerprint density at radius 2 is 1.61 bits per heavy atom. The van der Waals surface area contributed by atoms with E-state index < -0.39 is 17.9 Å². The van der Waals surface area contributed by atoms with Crippen LogP contribution in [0.25, 0.3) is 11.1 Å². The van der Waals surface area contributed by atoms with Crippen LogP contribution in [-0.4, -0.2) is 30.2 Å². The first-order chi connectivity index (χ1) is 11.0. The zero-order valence-electron chi connectivity index (χ0n) is 12.7. The molecule has 23 heavy (non-hydrogen) atoms. The van der Waals surface area contributed by atoms with Crippen LogP contribution in [0.3, 0.4) is 0 Å². The summed E-state index contributed by atoms with van der Waals surface area (Å²) in [5.74, 6) is -0.990. The van der Waals surface area contributed by atoms with E-state index in [9.17, 15) is 9.59 Å². The lowest BCUT2D eigenvalue weighted by Gasteiger charge is -2.10. The summed E-state index contributed by atoms with van der Waals surface area (Å²) in [4.78, 5) is 22.6. The average Bonchev–Trinajstić information content (AvgIpc) is 2.61. The first-order valence-electron chi connectivity index (χ1n) is 7.02. The lowest BCUT2D eigenvalue weighted by atomic mass is 10.00. The number of amides is 1. The average molecular weight is 314 g/mol. The van der Waals surface area contributed by atoms with Crippen molar-refractivity contribution in [3.63, 3.8) is 0 Å². The molecule has 1 atom stereocenters. The van der Waals surface area contributed by atoms with Crippen LogP contribution in [0, 0.1) is 0 Å². The quantitative estimate of drug-likeness (QED) is 0.441. The highest BCUT2D eigenvalue weighted by molar-refractivity contribution is 5.93. The summed E-state index contributed by atoms with van der Waals surface area (Å²) in [6.07, 6.45) is 0.405. The van der Waals surface area contributed by atoms with Crippen LogP contribution in [0.5, 0.6) is 0 Å². The van der Waals surface area contributed by atoms with Crippen molar-refractivity contribution in [2.24, 2.45) is 5.73 Å². The molecule has 1 unspecified atom stereocenters. The van der Waals surface area contributed by atoms with Gasteiger partial charge in [-0.1, -0.05) is 36.4 Å². The SMILES string of the molecule is COC(=O)C(N)Cc1ccc(-c2ccc(C(=O)NO)cc2)cc1. The lowest BCUT2D eigenvalue weighted by Crippen LogP contribution is -2.33.